The van der Waals surface area contributed by atoms with E-state index in [0.717, 1.165) is 42.8 Å². The fourth-order valence-corrected chi connectivity index (χ4v) is 6.42. The van der Waals surface area contributed by atoms with Gasteiger partial charge in [-0.2, -0.15) is 0 Å². The molecule has 1 atom stereocenters. The number of fused-ring (bicyclic) bond motifs is 1. The molecule has 1 aliphatic heterocycles. The first-order valence-corrected chi connectivity index (χ1v) is 14.5. The fraction of sp³-hybridized carbons (Fsp3) is 0.419. The van der Waals surface area contributed by atoms with Gasteiger partial charge < -0.3 is 9.88 Å². The van der Waals surface area contributed by atoms with Crippen molar-refractivity contribution >= 4 is 28.6 Å². The van der Waals surface area contributed by atoms with Crippen LogP contribution in [0.2, 0.25) is 0 Å². The summed E-state index contributed by atoms with van der Waals surface area (Å²) in [5, 5.41) is 1.20. The van der Waals surface area contributed by atoms with Gasteiger partial charge in [0.1, 0.15) is 11.7 Å². The summed E-state index contributed by atoms with van der Waals surface area (Å²) in [4.78, 5) is 15.8. The molecule has 0 amide bonds. The summed E-state index contributed by atoms with van der Waals surface area (Å²) >= 11 is 1.79. The maximum atomic E-state index is 5.35. The number of thioether (sulfide) groups is 1. The molecule has 4 nitrogen and oxygen atoms in total. The number of aromatic amines is 1. The van der Waals surface area contributed by atoms with E-state index in [1.54, 1.807) is 17.3 Å². The van der Waals surface area contributed by atoms with E-state index in [1.807, 2.05) is 6.92 Å². The minimum absolute atomic E-state index is 0.487. The highest BCUT2D eigenvalue weighted by atomic mass is 32.2. The minimum Gasteiger partial charge on any atom is -0.352 e. The number of nitrogens with one attached hydrogen (secondary N) is 1. The van der Waals surface area contributed by atoms with Crippen molar-refractivity contribution in [3.05, 3.63) is 75.1 Å². The zero-order chi connectivity index (χ0) is 25.4. The zero-order valence-corrected chi connectivity index (χ0v) is 23.4. The maximum absolute atomic E-state index is 5.35. The van der Waals surface area contributed by atoms with Crippen molar-refractivity contribution in [2.24, 2.45) is 10.9 Å². The van der Waals surface area contributed by atoms with Crippen LogP contribution in [0, 0.1) is 19.8 Å². The van der Waals surface area contributed by atoms with Gasteiger partial charge in [-0.05, 0) is 104 Å². The Morgan fingerprint density at radius 1 is 1.06 bits per heavy atom. The van der Waals surface area contributed by atoms with Gasteiger partial charge in [0.05, 0.1) is 16.1 Å². The van der Waals surface area contributed by atoms with E-state index < -0.39 is 0 Å². The molecular formula is C31H38N4S. The Balaban J connectivity index is 1.53. The van der Waals surface area contributed by atoms with Crippen molar-refractivity contribution in [2.45, 2.75) is 66.8 Å². The molecule has 3 aromatic rings. The molecule has 0 fully saturated rings. The summed E-state index contributed by atoms with van der Waals surface area (Å²) in [6.07, 6.45) is 6.87. The van der Waals surface area contributed by atoms with Crippen LogP contribution in [-0.2, 0) is 6.54 Å². The standard InChI is InChI=1S/C31H38N4S/c1-7-15-35(30-27-10-8-9-26(27)20(3)21(4)31(34-30)36-6)18-25-16-23(12-11-19(25)2)24-13-14-28-29(17-24)33-22(5)32-28/h11-14,16-17,20H,7-10,15,18H2,1-6H3,(H,32,33). The fourth-order valence-electron chi connectivity index (χ4n) is 5.74. The molecule has 2 aliphatic rings. The molecule has 36 heavy (non-hydrogen) atoms. The third-order valence-corrected chi connectivity index (χ3v) is 8.68. The minimum atomic E-state index is 0.487. The number of nitrogens with zero attached hydrogens (tertiary/aromatic N) is 3. The lowest BCUT2D eigenvalue weighted by Crippen LogP contribution is -2.33. The second-order valence-corrected chi connectivity index (χ2v) is 11.1. The molecule has 2 heterocycles. The quantitative estimate of drug-likeness (QED) is 0.373. The molecule has 1 aromatic heterocycles. The van der Waals surface area contributed by atoms with E-state index >= 15 is 0 Å². The van der Waals surface area contributed by atoms with E-state index in [0.29, 0.717) is 5.92 Å². The lowest BCUT2D eigenvalue weighted by atomic mass is 9.91. The van der Waals surface area contributed by atoms with Gasteiger partial charge in [-0.3, -0.25) is 0 Å². The number of aromatic nitrogens is 2. The molecule has 5 heteroatoms. The van der Waals surface area contributed by atoms with E-state index in [-0.39, 0.29) is 0 Å². The number of hydrogen-bond donors (Lipinski definition) is 1. The number of allylic oxidation sites excluding steroid dienone is 2. The Morgan fingerprint density at radius 2 is 1.83 bits per heavy atom. The van der Waals surface area contributed by atoms with Gasteiger partial charge in [-0.15, -0.1) is 11.8 Å². The van der Waals surface area contributed by atoms with Gasteiger partial charge in [-0.25, -0.2) is 9.98 Å². The first-order valence-electron chi connectivity index (χ1n) is 13.3. The van der Waals surface area contributed by atoms with Gasteiger partial charge >= 0.3 is 0 Å². The van der Waals surface area contributed by atoms with Crippen molar-refractivity contribution in [2.75, 3.05) is 12.8 Å². The van der Waals surface area contributed by atoms with Crippen molar-refractivity contribution in [3.8, 4) is 11.1 Å². The average Bonchev–Trinajstić information content (AvgIpc) is 3.48. The molecule has 0 radical (unpaired) electrons. The Labute approximate surface area is 220 Å². The van der Waals surface area contributed by atoms with Crippen LogP contribution in [0.3, 0.4) is 0 Å². The van der Waals surface area contributed by atoms with Crippen LogP contribution in [0.15, 0.2) is 63.1 Å². The number of H-pyrrole nitrogens is 1. The number of amidine groups is 1. The SMILES string of the molecule is CCCN(Cc1cc(-c2ccc3nc(C)[nH]c3c2)ccc1C)C1=NC(SC)=C(C)C(C)C2=C1CCC2. The highest BCUT2D eigenvalue weighted by molar-refractivity contribution is 8.02. The number of imidazole rings is 1. The number of rotatable bonds is 6. The zero-order valence-electron chi connectivity index (χ0n) is 22.5. The molecule has 1 N–H and O–H groups in total. The van der Waals surface area contributed by atoms with Gasteiger partial charge in [-0.1, -0.05) is 37.6 Å². The normalized spacial score (nSPS) is 18.1. The Morgan fingerprint density at radius 3 is 2.61 bits per heavy atom. The monoisotopic (exact) mass is 498 g/mol. The summed E-state index contributed by atoms with van der Waals surface area (Å²) < 4.78 is 0. The highest BCUT2D eigenvalue weighted by Gasteiger charge is 2.30. The maximum Gasteiger partial charge on any atom is 0.133 e. The smallest absolute Gasteiger partial charge is 0.133 e. The third kappa shape index (κ3) is 4.66. The van der Waals surface area contributed by atoms with E-state index in [2.05, 4.69) is 85.2 Å². The summed E-state index contributed by atoms with van der Waals surface area (Å²) in [6.45, 7) is 13.1. The first-order chi connectivity index (χ1) is 17.4. The van der Waals surface area contributed by atoms with Crippen LogP contribution in [0.5, 0.6) is 0 Å². The van der Waals surface area contributed by atoms with Crippen molar-refractivity contribution < 1.29 is 0 Å². The van der Waals surface area contributed by atoms with Crippen LogP contribution < -0.4 is 0 Å². The summed E-state index contributed by atoms with van der Waals surface area (Å²) in [6, 6.07) is 13.4. The van der Waals surface area contributed by atoms with E-state index in [1.165, 1.54) is 57.1 Å². The topological polar surface area (TPSA) is 44.3 Å². The van der Waals surface area contributed by atoms with Crippen LogP contribution in [-0.4, -0.2) is 33.5 Å². The Bertz CT molecular complexity index is 1390. The Hall–Kier alpha value is -2.79. The molecule has 0 saturated heterocycles. The number of aryl methyl sites for hydroxylation is 2. The molecule has 5 rings (SSSR count). The molecule has 0 spiro atoms. The molecule has 188 valence electrons. The summed E-state index contributed by atoms with van der Waals surface area (Å²) in [7, 11) is 0. The molecule has 1 unspecified atom stereocenters. The number of hydrogen-bond acceptors (Lipinski definition) is 4. The Kier molecular flexibility index (Phi) is 7.11. The lowest BCUT2D eigenvalue weighted by molar-refractivity contribution is 0.410. The van der Waals surface area contributed by atoms with Crippen LogP contribution in [0.1, 0.15) is 63.4 Å². The second kappa shape index (κ2) is 10.3. The van der Waals surface area contributed by atoms with Crippen molar-refractivity contribution in [1.29, 1.82) is 0 Å². The summed E-state index contributed by atoms with van der Waals surface area (Å²) in [5.74, 6) is 2.66. The van der Waals surface area contributed by atoms with Crippen molar-refractivity contribution in [1.82, 2.24) is 14.9 Å². The third-order valence-electron chi connectivity index (χ3n) is 7.88. The first kappa shape index (κ1) is 24.9. The molecule has 1 aliphatic carbocycles. The number of aliphatic imine (C=N–C) groups is 1. The molecular weight excluding hydrogens is 460 g/mol. The predicted molar refractivity (Wildman–Crippen MR) is 155 cm³/mol. The van der Waals surface area contributed by atoms with Gasteiger partial charge in [0.25, 0.3) is 0 Å². The van der Waals surface area contributed by atoms with E-state index in [4.69, 9.17) is 4.99 Å². The van der Waals surface area contributed by atoms with Gasteiger partial charge in [0.2, 0.25) is 0 Å². The second-order valence-electron chi connectivity index (χ2n) is 10.3. The molecule has 0 saturated carbocycles. The number of benzene rings is 2. The molecule has 0 bridgehead atoms. The van der Waals surface area contributed by atoms with Gasteiger partial charge in [0, 0.05) is 19.0 Å². The molecule has 2 aromatic carbocycles. The van der Waals surface area contributed by atoms with E-state index in [9.17, 15) is 0 Å². The highest BCUT2D eigenvalue weighted by Crippen LogP contribution is 2.41. The largest absolute Gasteiger partial charge is 0.352 e. The summed E-state index contributed by atoms with van der Waals surface area (Å²) in [5.41, 5.74) is 11.8. The van der Waals surface area contributed by atoms with Crippen LogP contribution >= 0.6 is 11.8 Å². The van der Waals surface area contributed by atoms with Crippen molar-refractivity contribution in [3.63, 3.8) is 0 Å². The predicted octanol–water partition coefficient (Wildman–Crippen LogP) is 8.18. The van der Waals surface area contributed by atoms with Crippen LogP contribution in [0.4, 0.5) is 0 Å². The van der Waals surface area contributed by atoms with Gasteiger partial charge in [0.15, 0.2) is 0 Å². The lowest BCUT2D eigenvalue weighted by Gasteiger charge is -2.28. The van der Waals surface area contributed by atoms with Crippen LogP contribution in [0.25, 0.3) is 22.2 Å². The average molecular weight is 499 g/mol.